The van der Waals surface area contributed by atoms with Crippen LogP contribution in [-0.2, 0) is 4.79 Å². The van der Waals surface area contributed by atoms with Crippen molar-refractivity contribution in [3.8, 4) is 0 Å². The summed E-state index contributed by atoms with van der Waals surface area (Å²) in [5, 5.41) is 0. The predicted octanol–water partition coefficient (Wildman–Crippen LogP) is 3.22. The molecule has 0 unspecified atom stereocenters. The fourth-order valence-corrected chi connectivity index (χ4v) is 2.79. The molecule has 2 fully saturated rings. The first kappa shape index (κ1) is 11.9. The molecular formula is C14H25NO. The van der Waals surface area contributed by atoms with E-state index in [2.05, 4.69) is 11.8 Å². The van der Waals surface area contributed by atoms with E-state index in [1.165, 1.54) is 38.5 Å². The second-order valence-electron chi connectivity index (χ2n) is 5.64. The molecule has 0 bridgehead atoms. The third kappa shape index (κ3) is 3.50. The summed E-state index contributed by atoms with van der Waals surface area (Å²) in [4.78, 5) is 14.3. The van der Waals surface area contributed by atoms with E-state index < -0.39 is 0 Å². The molecule has 2 aliphatic rings. The quantitative estimate of drug-likeness (QED) is 0.677. The van der Waals surface area contributed by atoms with Crippen LogP contribution in [0, 0.1) is 11.8 Å². The Morgan fingerprint density at radius 1 is 1.12 bits per heavy atom. The summed E-state index contributed by atoms with van der Waals surface area (Å²) < 4.78 is 0. The van der Waals surface area contributed by atoms with Crippen LogP contribution < -0.4 is 0 Å². The molecule has 0 aliphatic heterocycles. The summed E-state index contributed by atoms with van der Waals surface area (Å²) in [5.41, 5.74) is 0. The van der Waals surface area contributed by atoms with Crippen molar-refractivity contribution in [3.05, 3.63) is 0 Å². The Morgan fingerprint density at radius 2 is 1.81 bits per heavy atom. The fourth-order valence-electron chi connectivity index (χ4n) is 2.79. The van der Waals surface area contributed by atoms with Gasteiger partial charge in [-0.2, -0.15) is 0 Å². The second kappa shape index (κ2) is 5.70. The molecule has 0 radical (unpaired) electrons. The van der Waals surface area contributed by atoms with Gasteiger partial charge in [0, 0.05) is 19.5 Å². The Balaban J connectivity index is 1.77. The summed E-state index contributed by atoms with van der Waals surface area (Å²) in [6.07, 6.45) is 9.87. The van der Waals surface area contributed by atoms with E-state index in [-0.39, 0.29) is 0 Å². The van der Waals surface area contributed by atoms with Crippen molar-refractivity contribution in [1.29, 1.82) is 0 Å². The second-order valence-corrected chi connectivity index (χ2v) is 5.64. The highest BCUT2D eigenvalue weighted by Crippen LogP contribution is 2.31. The maximum Gasteiger partial charge on any atom is 0.222 e. The van der Waals surface area contributed by atoms with Crippen LogP contribution in [0.25, 0.3) is 0 Å². The SMILES string of the molecule is CCCN(CC1CC1)C(=O)CC1CCCC1. The van der Waals surface area contributed by atoms with Crippen molar-refractivity contribution in [2.24, 2.45) is 11.8 Å². The summed E-state index contributed by atoms with van der Waals surface area (Å²) >= 11 is 0. The topological polar surface area (TPSA) is 20.3 Å². The Bertz CT molecular complexity index is 229. The molecule has 0 aromatic rings. The van der Waals surface area contributed by atoms with Gasteiger partial charge in [0.15, 0.2) is 0 Å². The Morgan fingerprint density at radius 3 is 2.38 bits per heavy atom. The smallest absolute Gasteiger partial charge is 0.222 e. The molecule has 1 amide bonds. The molecule has 2 aliphatic carbocycles. The Labute approximate surface area is 99.4 Å². The number of carbonyl (C=O) groups is 1. The van der Waals surface area contributed by atoms with Crippen LogP contribution in [0.2, 0.25) is 0 Å². The number of amides is 1. The van der Waals surface area contributed by atoms with E-state index in [0.29, 0.717) is 11.8 Å². The lowest BCUT2D eigenvalue weighted by Crippen LogP contribution is -2.34. The molecule has 2 saturated carbocycles. The summed E-state index contributed by atoms with van der Waals surface area (Å²) in [7, 11) is 0. The highest BCUT2D eigenvalue weighted by atomic mass is 16.2. The van der Waals surface area contributed by atoms with E-state index in [4.69, 9.17) is 0 Å². The highest BCUT2D eigenvalue weighted by molar-refractivity contribution is 5.76. The number of hydrogen-bond donors (Lipinski definition) is 0. The van der Waals surface area contributed by atoms with Crippen molar-refractivity contribution in [1.82, 2.24) is 4.90 Å². The fraction of sp³-hybridized carbons (Fsp3) is 0.929. The zero-order valence-electron chi connectivity index (χ0n) is 10.6. The van der Waals surface area contributed by atoms with Crippen molar-refractivity contribution in [2.45, 2.75) is 58.3 Å². The van der Waals surface area contributed by atoms with Crippen LogP contribution in [0.1, 0.15) is 58.3 Å². The molecule has 0 aromatic heterocycles. The van der Waals surface area contributed by atoms with Crippen LogP contribution in [0.5, 0.6) is 0 Å². The van der Waals surface area contributed by atoms with Gasteiger partial charge >= 0.3 is 0 Å². The monoisotopic (exact) mass is 223 g/mol. The zero-order chi connectivity index (χ0) is 11.4. The van der Waals surface area contributed by atoms with Gasteiger partial charge in [-0.25, -0.2) is 0 Å². The standard InChI is InChI=1S/C14H25NO/c1-2-9-15(11-13-7-8-13)14(16)10-12-5-3-4-6-12/h12-13H,2-11H2,1H3. The summed E-state index contributed by atoms with van der Waals surface area (Å²) in [6, 6.07) is 0. The van der Waals surface area contributed by atoms with Gasteiger partial charge in [0.2, 0.25) is 5.91 Å². The van der Waals surface area contributed by atoms with E-state index in [1.807, 2.05) is 0 Å². The average molecular weight is 223 g/mol. The van der Waals surface area contributed by atoms with Gasteiger partial charge in [0.1, 0.15) is 0 Å². The minimum atomic E-state index is 0.431. The van der Waals surface area contributed by atoms with Crippen LogP contribution in [0.3, 0.4) is 0 Å². The molecule has 0 atom stereocenters. The maximum absolute atomic E-state index is 12.2. The molecule has 92 valence electrons. The van der Waals surface area contributed by atoms with Crippen molar-refractivity contribution in [3.63, 3.8) is 0 Å². The normalized spacial score (nSPS) is 21.3. The van der Waals surface area contributed by atoms with Crippen molar-refractivity contribution >= 4 is 5.91 Å². The van der Waals surface area contributed by atoms with Gasteiger partial charge in [0.25, 0.3) is 0 Å². The van der Waals surface area contributed by atoms with Gasteiger partial charge in [-0.1, -0.05) is 19.8 Å². The van der Waals surface area contributed by atoms with E-state index in [0.717, 1.165) is 31.8 Å². The van der Waals surface area contributed by atoms with Gasteiger partial charge in [0.05, 0.1) is 0 Å². The number of hydrogen-bond acceptors (Lipinski definition) is 1. The predicted molar refractivity (Wildman–Crippen MR) is 66.2 cm³/mol. The Hall–Kier alpha value is -0.530. The molecule has 0 aromatic carbocycles. The highest BCUT2D eigenvalue weighted by Gasteiger charge is 2.27. The molecule has 16 heavy (non-hydrogen) atoms. The molecule has 0 saturated heterocycles. The number of nitrogens with zero attached hydrogens (tertiary/aromatic N) is 1. The van der Waals surface area contributed by atoms with E-state index in [9.17, 15) is 4.79 Å². The summed E-state index contributed by atoms with van der Waals surface area (Å²) in [6.45, 7) is 4.18. The molecule has 2 nitrogen and oxygen atoms in total. The summed E-state index contributed by atoms with van der Waals surface area (Å²) in [5.74, 6) is 1.96. The number of rotatable bonds is 6. The van der Waals surface area contributed by atoms with Crippen molar-refractivity contribution < 1.29 is 4.79 Å². The van der Waals surface area contributed by atoms with E-state index in [1.54, 1.807) is 0 Å². The van der Waals surface area contributed by atoms with Gasteiger partial charge < -0.3 is 4.90 Å². The third-order valence-electron chi connectivity index (χ3n) is 3.96. The minimum Gasteiger partial charge on any atom is -0.342 e. The molecule has 0 spiro atoms. The molecule has 2 heteroatoms. The number of carbonyl (C=O) groups excluding carboxylic acids is 1. The van der Waals surface area contributed by atoms with Gasteiger partial charge in [-0.3, -0.25) is 4.79 Å². The van der Waals surface area contributed by atoms with Crippen LogP contribution in [0.4, 0.5) is 0 Å². The first-order valence-electron chi connectivity index (χ1n) is 7.07. The average Bonchev–Trinajstić information content (AvgIpc) is 2.94. The lowest BCUT2D eigenvalue weighted by atomic mass is 10.0. The lowest BCUT2D eigenvalue weighted by Gasteiger charge is -2.23. The van der Waals surface area contributed by atoms with Crippen LogP contribution in [-0.4, -0.2) is 23.9 Å². The van der Waals surface area contributed by atoms with E-state index >= 15 is 0 Å². The first-order valence-corrected chi connectivity index (χ1v) is 7.07. The largest absolute Gasteiger partial charge is 0.342 e. The van der Waals surface area contributed by atoms with Crippen LogP contribution >= 0.6 is 0 Å². The minimum absolute atomic E-state index is 0.431. The van der Waals surface area contributed by atoms with Crippen molar-refractivity contribution in [2.75, 3.05) is 13.1 Å². The third-order valence-corrected chi connectivity index (χ3v) is 3.96. The first-order chi connectivity index (χ1) is 7.79. The molecular weight excluding hydrogens is 198 g/mol. The molecule has 0 heterocycles. The van der Waals surface area contributed by atoms with Gasteiger partial charge in [-0.05, 0) is 43.9 Å². The zero-order valence-corrected chi connectivity index (χ0v) is 10.6. The maximum atomic E-state index is 12.2. The molecule has 0 N–H and O–H groups in total. The Kier molecular flexibility index (Phi) is 4.25. The molecule has 2 rings (SSSR count). The lowest BCUT2D eigenvalue weighted by molar-refractivity contribution is -0.132. The van der Waals surface area contributed by atoms with Gasteiger partial charge in [-0.15, -0.1) is 0 Å². The van der Waals surface area contributed by atoms with Crippen LogP contribution in [0.15, 0.2) is 0 Å².